The van der Waals surface area contributed by atoms with Crippen LogP contribution in [0.5, 0.6) is 0 Å². The Labute approximate surface area is 179 Å². The van der Waals surface area contributed by atoms with Gasteiger partial charge in [0.25, 0.3) is 0 Å². The third-order valence-corrected chi connectivity index (χ3v) is 5.31. The zero-order valence-electron chi connectivity index (χ0n) is 17.8. The topological polar surface area (TPSA) is 127 Å². The highest BCUT2D eigenvalue weighted by atomic mass is 16.6. The Morgan fingerprint density at radius 3 is 2.87 bits per heavy atom. The number of imidazole rings is 1. The van der Waals surface area contributed by atoms with Crippen molar-refractivity contribution in [2.75, 3.05) is 25.1 Å². The van der Waals surface area contributed by atoms with Crippen LogP contribution in [0.25, 0.3) is 11.2 Å². The van der Waals surface area contributed by atoms with Gasteiger partial charge in [0.1, 0.15) is 31.4 Å². The molecule has 2 aliphatic heterocycles. The Balaban J connectivity index is 1.55. The molecule has 11 heteroatoms. The van der Waals surface area contributed by atoms with E-state index in [0.717, 1.165) is 13.0 Å². The number of ether oxygens (including phenoxy) is 4. The lowest BCUT2D eigenvalue weighted by Crippen LogP contribution is -2.33. The molecule has 31 heavy (non-hydrogen) atoms. The zero-order valence-corrected chi connectivity index (χ0v) is 17.8. The minimum Gasteiger partial charge on any atom is -0.463 e. The van der Waals surface area contributed by atoms with Crippen LogP contribution in [-0.2, 0) is 28.5 Å². The van der Waals surface area contributed by atoms with E-state index in [1.54, 1.807) is 24.7 Å². The normalized spacial score (nSPS) is 25.8. The molecular formula is C20H27N5O6. The molecule has 2 aromatic rings. The third kappa shape index (κ3) is 4.77. The summed E-state index contributed by atoms with van der Waals surface area (Å²) < 4.78 is 24.0. The maximum absolute atomic E-state index is 12.2. The quantitative estimate of drug-likeness (QED) is 0.641. The van der Waals surface area contributed by atoms with Gasteiger partial charge in [-0.2, -0.15) is 0 Å². The average molecular weight is 433 g/mol. The molecule has 1 unspecified atom stereocenters. The lowest BCUT2D eigenvalue weighted by atomic mass is 10.1. The molecule has 0 bridgehead atoms. The molecular weight excluding hydrogens is 406 g/mol. The summed E-state index contributed by atoms with van der Waals surface area (Å²) in [4.78, 5) is 36.6. The van der Waals surface area contributed by atoms with Crippen molar-refractivity contribution in [2.24, 2.45) is 5.92 Å². The standard InChI is InChI=1S/C20H27N5O6/c1-11(2)20(27)31-14-6-16(30-15(14)8-29-12(3)26)25-10-23-17-18(21-9-22-19(17)25)24-13-4-5-28-7-13/h9-11,13-16H,4-8H2,1-3H3,(H,21,22,24)/t13-,14-,15-,16?/m1/s1. The molecule has 2 aliphatic rings. The van der Waals surface area contributed by atoms with Gasteiger partial charge in [0, 0.05) is 20.0 Å². The first-order valence-electron chi connectivity index (χ1n) is 10.4. The number of carbonyl (C=O) groups excluding carboxylic acids is 2. The zero-order chi connectivity index (χ0) is 22.0. The molecule has 1 N–H and O–H groups in total. The molecule has 0 saturated carbocycles. The maximum Gasteiger partial charge on any atom is 0.308 e. The van der Waals surface area contributed by atoms with Crippen LogP contribution in [0.4, 0.5) is 5.82 Å². The number of anilines is 1. The third-order valence-electron chi connectivity index (χ3n) is 5.31. The fourth-order valence-corrected chi connectivity index (χ4v) is 3.64. The summed E-state index contributed by atoms with van der Waals surface area (Å²) in [7, 11) is 0. The van der Waals surface area contributed by atoms with Gasteiger partial charge in [-0.15, -0.1) is 0 Å². The number of hydrogen-bond acceptors (Lipinski definition) is 10. The van der Waals surface area contributed by atoms with Crippen molar-refractivity contribution in [3.05, 3.63) is 12.7 Å². The van der Waals surface area contributed by atoms with Crippen LogP contribution < -0.4 is 5.32 Å². The summed E-state index contributed by atoms with van der Waals surface area (Å²) in [6, 6.07) is 0.180. The van der Waals surface area contributed by atoms with Crippen LogP contribution in [0.15, 0.2) is 12.7 Å². The van der Waals surface area contributed by atoms with E-state index < -0.39 is 24.4 Å². The molecule has 2 fully saturated rings. The highest BCUT2D eigenvalue weighted by molar-refractivity contribution is 5.82. The van der Waals surface area contributed by atoms with E-state index in [9.17, 15) is 9.59 Å². The molecule has 4 heterocycles. The van der Waals surface area contributed by atoms with E-state index in [4.69, 9.17) is 18.9 Å². The number of carbonyl (C=O) groups is 2. The first-order valence-corrected chi connectivity index (χ1v) is 10.4. The fourth-order valence-electron chi connectivity index (χ4n) is 3.64. The number of nitrogens with zero attached hydrogens (tertiary/aromatic N) is 4. The Morgan fingerprint density at radius 2 is 2.16 bits per heavy atom. The second-order valence-corrected chi connectivity index (χ2v) is 8.05. The lowest BCUT2D eigenvalue weighted by molar-refractivity contribution is -0.160. The van der Waals surface area contributed by atoms with Crippen LogP contribution in [0.3, 0.4) is 0 Å². The summed E-state index contributed by atoms with van der Waals surface area (Å²) in [6.45, 7) is 6.20. The van der Waals surface area contributed by atoms with Crippen molar-refractivity contribution in [3.8, 4) is 0 Å². The SMILES string of the molecule is CC(=O)OC[C@H]1OC(n2cnc3c(N[C@@H]4CCOC4)ncnc32)C[C@H]1OC(=O)C(C)C. The van der Waals surface area contributed by atoms with Gasteiger partial charge in [-0.1, -0.05) is 13.8 Å². The van der Waals surface area contributed by atoms with Crippen molar-refractivity contribution in [2.45, 2.75) is 58.1 Å². The molecule has 0 spiro atoms. The molecule has 168 valence electrons. The second kappa shape index (κ2) is 9.15. The fraction of sp³-hybridized carbons (Fsp3) is 0.650. The van der Waals surface area contributed by atoms with Crippen molar-refractivity contribution >= 4 is 28.9 Å². The van der Waals surface area contributed by atoms with Crippen molar-refractivity contribution in [1.29, 1.82) is 0 Å². The van der Waals surface area contributed by atoms with E-state index >= 15 is 0 Å². The molecule has 2 aromatic heterocycles. The number of rotatable bonds is 7. The molecule has 0 radical (unpaired) electrons. The van der Waals surface area contributed by atoms with Gasteiger partial charge in [-0.3, -0.25) is 14.2 Å². The predicted octanol–water partition coefficient (Wildman–Crippen LogP) is 1.45. The second-order valence-electron chi connectivity index (χ2n) is 8.05. The number of hydrogen-bond donors (Lipinski definition) is 1. The molecule has 4 rings (SSSR count). The Morgan fingerprint density at radius 1 is 1.32 bits per heavy atom. The van der Waals surface area contributed by atoms with Gasteiger partial charge in [0.05, 0.1) is 24.9 Å². The molecule has 0 amide bonds. The van der Waals surface area contributed by atoms with Crippen LogP contribution in [0.1, 0.15) is 39.8 Å². The lowest BCUT2D eigenvalue weighted by Gasteiger charge is -2.19. The maximum atomic E-state index is 12.2. The van der Waals surface area contributed by atoms with E-state index in [-0.39, 0.29) is 24.5 Å². The number of aromatic nitrogens is 4. The minimum absolute atomic E-state index is 0.00201. The number of nitrogens with one attached hydrogen (secondary N) is 1. The van der Waals surface area contributed by atoms with Gasteiger partial charge < -0.3 is 24.3 Å². The highest BCUT2D eigenvalue weighted by Gasteiger charge is 2.40. The van der Waals surface area contributed by atoms with Crippen LogP contribution in [0.2, 0.25) is 0 Å². The van der Waals surface area contributed by atoms with Gasteiger partial charge in [-0.05, 0) is 6.42 Å². The monoisotopic (exact) mass is 433 g/mol. The minimum atomic E-state index is -0.580. The van der Waals surface area contributed by atoms with E-state index in [1.165, 1.54) is 13.3 Å². The Kier molecular flexibility index (Phi) is 6.33. The summed E-state index contributed by atoms with van der Waals surface area (Å²) in [5, 5.41) is 3.36. The van der Waals surface area contributed by atoms with Crippen molar-refractivity contribution in [1.82, 2.24) is 19.5 Å². The highest BCUT2D eigenvalue weighted by Crippen LogP contribution is 2.34. The summed E-state index contributed by atoms with van der Waals surface area (Å²) in [6.07, 6.45) is 2.79. The molecule has 4 atom stereocenters. The molecule has 0 aliphatic carbocycles. The van der Waals surface area contributed by atoms with Gasteiger partial charge in [0.2, 0.25) is 0 Å². The smallest absolute Gasteiger partial charge is 0.308 e. The average Bonchev–Trinajstić information content (AvgIpc) is 3.46. The van der Waals surface area contributed by atoms with Crippen molar-refractivity contribution in [3.63, 3.8) is 0 Å². The molecule has 11 nitrogen and oxygen atoms in total. The van der Waals surface area contributed by atoms with E-state index in [1.807, 2.05) is 0 Å². The van der Waals surface area contributed by atoms with E-state index in [2.05, 4.69) is 20.3 Å². The number of esters is 2. The van der Waals surface area contributed by atoms with Crippen LogP contribution in [0, 0.1) is 5.92 Å². The molecule has 2 saturated heterocycles. The predicted molar refractivity (Wildman–Crippen MR) is 108 cm³/mol. The van der Waals surface area contributed by atoms with Crippen LogP contribution in [-0.4, -0.2) is 69.5 Å². The van der Waals surface area contributed by atoms with Crippen molar-refractivity contribution < 1.29 is 28.5 Å². The first-order chi connectivity index (χ1) is 14.9. The van der Waals surface area contributed by atoms with Gasteiger partial charge in [-0.25, -0.2) is 15.0 Å². The number of fused-ring (bicyclic) bond motifs is 1. The van der Waals surface area contributed by atoms with E-state index in [0.29, 0.717) is 30.0 Å². The summed E-state index contributed by atoms with van der Waals surface area (Å²) in [5.74, 6) is -0.390. The first kappa shape index (κ1) is 21.4. The Bertz CT molecular complexity index is 941. The molecule has 0 aromatic carbocycles. The Hall–Kier alpha value is -2.79. The van der Waals surface area contributed by atoms with Gasteiger partial charge in [0.15, 0.2) is 17.0 Å². The van der Waals surface area contributed by atoms with Crippen LogP contribution >= 0.6 is 0 Å². The summed E-state index contributed by atoms with van der Waals surface area (Å²) >= 11 is 0. The van der Waals surface area contributed by atoms with Gasteiger partial charge >= 0.3 is 11.9 Å². The largest absolute Gasteiger partial charge is 0.463 e. The summed E-state index contributed by atoms with van der Waals surface area (Å²) in [5.41, 5.74) is 1.22.